The lowest BCUT2D eigenvalue weighted by molar-refractivity contribution is 0.475. The number of aromatic hydroxyl groups is 1. The highest BCUT2D eigenvalue weighted by molar-refractivity contribution is 14.1. The van der Waals surface area contributed by atoms with E-state index >= 15 is 0 Å². The molecule has 1 aromatic carbocycles. The van der Waals surface area contributed by atoms with E-state index < -0.39 is 0 Å². The van der Waals surface area contributed by atoms with E-state index in [1.807, 2.05) is 6.07 Å². The van der Waals surface area contributed by atoms with E-state index in [9.17, 15) is 5.11 Å². The zero-order valence-corrected chi connectivity index (χ0v) is 12.6. The summed E-state index contributed by atoms with van der Waals surface area (Å²) in [5.41, 5.74) is 0.452. The van der Waals surface area contributed by atoms with Crippen LogP contribution in [-0.4, -0.2) is 16.3 Å². The quantitative estimate of drug-likeness (QED) is 0.606. The SMILES string of the molecule is Oc1c(Cl)cc(Cl)cc1C=Nc1ccc(I)cn1. The smallest absolute Gasteiger partial charge is 0.151 e. The molecule has 0 aliphatic carbocycles. The van der Waals surface area contributed by atoms with E-state index in [1.54, 1.807) is 18.3 Å². The van der Waals surface area contributed by atoms with Gasteiger partial charge in [0.25, 0.3) is 0 Å². The molecule has 2 rings (SSSR count). The summed E-state index contributed by atoms with van der Waals surface area (Å²) in [6.07, 6.45) is 3.18. The summed E-state index contributed by atoms with van der Waals surface area (Å²) >= 11 is 13.8. The minimum Gasteiger partial charge on any atom is -0.506 e. The molecule has 2 aromatic rings. The van der Waals surface area contributed by atoms with Crippen molar-refractivity contribution < 1.29 is 5.11 Å². The van der Waals surface area contributed by atoms with Gasteiger partial charge in [0.05, 0.1) is 5.02 Å². The van der Waals surface area contributed by atoms with Gasteiger partial charge in [0.1, 0.15) is 5.75 Å². The molecule has 0 saturated heterocycles. The zero-order valence-electron chi connectivity index (χ0n) is 8.94. The second-order valence-corrected chi connectivity index (χ2v) is 5.51. The minimum absolute atomic E-state index is 0.0460. The second-order valence-electron chi connectivity index (χ2n) is 3.42. The van der Waals surface area contributed by atoms with Crippen molar-refractivity contribution in [2.75, 3.05) is 0 Å². The van der Waals surface area contributed by atoms with Crippen LogP contribution in [0.25, 0.3) is 0 Å². The zero-order chi connectivity index (χ0) is 13.1. The second kappa shape index (κ2) is 5.86. The molecule has 18 heavy (non-hydrogen) atoms. The van der Waals surface area contributed by atoms with Gasteiger partial charge in [-0.2, -0.15) is 0 Å². The van der Waals surface area contributed by atoms with Crippen LogP contribution in [0.2, 0.25) is 10.0 Å². The Hall–Kier alpha value is -0.850. The molecule has 1 heterocycles. The summed E-state index contributed by atoms with van der Waals surface area (Å²) < 4.78 is 1.03. The van der Waals surface area contributed by atoms with Gasteiger partial charge < -0.3 is 5.11 Å². The molecule has 1 aromatic heterocycles. The van der Waals surface area contributed by atoms with Crippen LogP contribution >= 0.6 is 45.8 Å². The Kier molecular flexibility index (Phi) is 4.42. The van der Waals surface area contributed by atoms with Crippen molar-refractivity contribution in [1.82, 2.24) is 4.98 Å². The first kappa shape index (κ1) is 13.6. The normalized spacial score (nSPS) is 11.1. The lowest BCUT2D eigenvalue weighted by Crippen LogP contribution is -1.84. The van der Waals surface area contributed by atoms with Gasteiger partial charge in [-0.25, -0.2) is 9.98 Å². The van der Waals surface area contributed by atoms with Gasteiger partial charge in [0.2, 0.25) is 0 Å². The third-order valence-corrected chi connectivity index (χ3v) is 3.25. The Bertz CT molecular complexity index is 600. The first-order chi connectivity index (χ1) is 8.56. The van der Waals surface area contributed by atoms with Crippen molar-refractivity contribution in [3.05, 3.63) is 49.6 Å². The van der Waals surface area contributed by atoms with Gasteiger partial charge in [-0.15, -0.1) is 0 Å². The summed E-state index contributed by atoms with van der Waals surface area (Å²) in [6, 6.07) is 6.73. The van der Waals surface area contributed by atoms with Crippen molar-refractivity contribution in [2.24, 2.45) is 4.99 Å². The molecule has 0 saturated carbocycles. The molecular weight excluding hydrogens is 386 g/mol. The van der Waals surface area contributed by atoms with Crippen LogP contribution in [0, 0.1) is 3.57 Å². The van der Waals surface area contributed by atoms with Crippen LogP contribution in [0.4, 0.5) is 5.82 Å². The molecule has 6 heteroatoms. The number of phenols is 1. The number of aliphatic imine (C=N–C) groups is 1. The van der Waals surface area contributed by atoms with Gasteiger partial charge in [0, 0.05) is 26.6 Å². The summed E-state index contributed by atoms with van der Waals surface area (Å²) in [5, 5.41) is 10.4. The number of nitrogens with zero attached hydrogens (tertiary/aromatic N) is 2. The summed E-state index contributed by atoms with van der Waals surface area (Å²) in [6.45, 7) is 0. The lowest BCUT2D eigenvalue weighted by Gasteiger charge is -2.02. The van der Waals surface area contributed by atoms with Crippen molar-refractivity contribution in [1.29, 1.82) is 0 Å². The fraction of sp³-hybridized carbons (Fsp3) is 0. The summed E-state index contributed by atoms with van der Waals surface area (Å²) in [5.74, 6) is 0.501. The molecule has 0 unspecified atom stereocenters. The molecular formula is C12H7Cl2IN2O. The van der Waals surface area contributed by atoms with Crippen molar-refractivity contribution >= 4 is 57.8 Å². The van der Waals surface area contributed by atoms with Crippen LogP contribution < -0.4 is 0 Å². The number of hydrogen-bond acceptors (Lipinski definition) is 3. The fourth-order valence-corrected chi connectivity index (χ4v) is 2.09. The predicted molar refractivity (Wildman–Crippen MR) is 82.3 cm³/mol. The number of pyridine rings is 1. The fourth-order valence-electron chi connectivity index (χ4n) is 1.26. The van der Waals surface area contributed by atoms with E-state index in [0.29, 0.717) is 16.4 Å². The van der Waals surface area contributed by atoms with Crippen LogP contribution in [0.3, 0.4) is 0 Å². The van der Waals surface area contributed by atoms with E-state index in [0.717, 1.165) is 3.57 Å². The number of phenolic OH excluding ortho intramolecular Hbond substituents is 1. The van der Waals surface area contributed by atoms with E-state index in [1.165, 1.54) is 12.3 Å². The van der Waals surface area contributed by atoms with Crippen molar-refractivity contribution in [2.45, 2.75) is 0 Å². The number of aromatic nitrogens is 1. The minimum atomic E-state index is -0.0460. The highest BCUT2D eigenvalue weighted by Gasteiger charge is 2.05. The molecule has 3 nitrogen and oxygen atoms in total. The average molecular weight is 393 g/mol. The summed E-state index contributed by atoms with van der Waals surface area (Å²) in [4.78, 5) is 8.26. The Balaban J connectivity index is 2.31. The van der Waals surface area contributed by atoms with Crippen LogP contribution in [0.1, 0.15) is 5.56 Å². The average Bonchev–Trinajstić information content (AvgIpc) is 2.34. The molecule has 0 bridgehead atoms. The lowest BCUT2D eigenvalue weighted by atomic mass is 10.2. The first-order valence-corrected chi connectivity index (χ1v) is 6.73. The highest BCUT2D eigenvalue weighted by Crippen LogP contribution is 2.30. The van der Waals surface area contributed by atoms with Crippen LogP contribution in [-0.2, 0) is 0 Å². The number of hydrogen-bond donors (Lipinski definition) is 1. The monoisotopic (exact) mass is 392 g/mol. The molecule has 0 fully saturated rings. The Morgan fingerprint density at radius 3 is 2.72 bits per heavy atom. The van der Waals surface area contributed by atoms with Gasteiger partial charge in [-0.1, -0.05) is 23.2 Å². The number of benzene rings is 1. The molecule has 0 spiro atoms. The summed E-state index contributed by atoms with van der Waals surface area (Å²) in [7, 11) is 0. The third kappa shape index (κ3) is 3.34. The molecule has 92 valence electrons. The molecule has 0 amide bonds. The van der Waals surface area contributed by atoms with E-state index in [4.69, 9.17) is 23.2 Å². The maximum absolute atomic E-state index is 9.74. The predicted octanol–water partition coefficient (Wildman–Crippen LogP) is 4.45. The number of rotatable bonds is 2. The van der Waals surface area contributed by atoms with Gasteiger partial charge in [-0.3, -0.25) is 0 Å². The molecule has 0 aliphatic rings. The first-order valence-electron chi connectivity index (χ1n) is 4.90. The maximum atomic E-state index is 9.74. The highest BCUT2D eigenvalue weighted by atomic mass is 127. The Labute approximate surface area is 128 Å². The van der Waals surface area contributed by atoms with Gasteiger partial charge in [-0.05, 0) is 46.9 Å². The van der Waals surface area contributed by atoms with Gasteiger partial charge >= 0.3 is 0 Å². The standard InChI is InChI=1S/C12H7Cl2IN2O/c13-8-3-7(12(18)10(14)4-8)5-16-11-2-1-9(15)6-17-11/h1-6,18H. The maximum Gasteiger partial charge on any atom is 0.151 e. The largest absolute Gasteiger partial charge is 0.506 e. The molecule has 0 atom stereocenters. The molecule has 0 radical (unpaired) electrons. The Morgan fingerprint density at radius 1 is 1.28 bits per heavy atom. The molecule has 1 N–H and O–H groups in total. The Morgan fingerprint density at radius 2 is 2.06 bits per heavy atom. The van der Waals surface area contributed by atoms with Crippen LogP contribution in [0.15, 0.2) is 35.5 Å². The van der Waals surface area contributed by atoms with Gasteiger partial charge in [0.15, 0.2) is 5.82 Å². The molecule has 0 aliphatic heterocycles. The van der Waals surface area contributed by atoms with E-state index in [2.05, 4.69) is 32.6 Å². The third-order valence-electron chi connectivity index (χ3n) is 2.11. The van der Waals surface area contributed by atoms with Crippen molar-refractivity contribution in [3.8, 4) is 5.75 Å². The topological polar surface area (TPSA) is 45.5 Å². The van der Waals surface area contributed by atoms with E-state index in [-0.39, 0.29) is 10.8 Å². The van der Waals surface area contributed by atoms with Crippen LogP contribution in [0.5, 0.6) is 5.75 Å². The number of halogens is 3. The van der Waals surface area contributed by atoms with Crippen molar-refractivity contribution in [3.63, 3.8) is 0 Å².